The number of carbonyl (C=O) groups excluding carboxylic acids is 4. The van der Waals surface area contributed by atoms with Crippen LogP contribution in [0.3, 0.4) is 0 Å². The van der Waals surface area contributed by atoms with Crippen LogP contribution in [0.5, 0.6) is 0 Å². The van der Waals surface area contributed by atoms with Gasteiger partial charge >= 0.3 is 5.97 Å². The normalized spacial score (nSPS) is 15.0. The van der Waals surface area contributed by atoms with E-state index in [9.17, 15) is 19.2 Å². The number of hydroxylamine groups is 2. The second kappa shape index (κ2) is 12.1. The molecule has 0 unspecified atom stereocenters. The van der Waals surface area contributed by atoms with E-state index in [1.165, 1.54) is 0 Å². The highest BCUT2D eigenvalue weighted by Gasteiger charge is 2.36. The molecule has 9 nitrogen and oxygen atoms in total. The number of carbonyl (C=O) groups is 4. The van der Waals surface area contributed by atoms with E-state index in [-0.39, 0.29) is 43.3 Å². The van der Waals surface area contributed by atoms with Crippen molar-refractivity contribution in [2.24, 2.45) is 10.8 Å². The molecule has 178 valence electrons. The fourth-order valence-electron chi connectivity index (χ4n) is 3.73. The van der Waals surface area contributed by atoms with Crippen molar-refractivity contribution in [3.05, 3.63) is 0 Å². The molecule has 0 radical (unpaired) electrons. The lowest BCUT2D eigenvalue weighted by Crippen LogP contribution is -2.35. The summed E-state index contributed by atoms with van der Waals surface area (Å²) in [5, 5.41) is 3.42. The Labute approximate surface area is 185 Å². The first-order chi connectivity index (χ1) is 14.3. The zero-order chi connectivity index (χ0) is 23.7. The fourth-order valence-corrected chi connectivity index (χ4v) is 3.73. The number of ether oxygens (including phenoxy) is 2. The summed E-state index contributed by atoms with van der Waals surface area (Å²) in [7, 11) is 0. The van der Waals surface area contributed by atoms with Gasteiger partial charge in [-0.3, -0.25) is 14.4 Å². The highest BCUT2D eigenvalue weighted by atomic mass is 16.7. The van der Waals surface area contributed by atoms with Gasteiger partial charge < -0.3 is 19.6 Å². The highest BCUT2D eigenvalue weighted by molar-refractivity contribution is 6.01. The Morgan fingerprint density at radius 1 is 1.03 bits per heavy atom. The predicted octanol–water partition coefficient (Wildman–Crippen LogP) is 2.37. The topological polar surface area (TPSA) is 111 Å². The van der Waals surface area contributed by atoms with Crippen LogP contribution < -0.4 is 5.32 Å². The molecule has 31 heavy (non-hydrogen) atoms. The molecule has 9 heteroatoms. The Kier molecular flexibility index (Phi) is 10.6. The summed E-state index contributed by atoms with van der Waals surface area (Å²) < 4.78 is 10.6. The van der Waals surface area contributed by atoms with Crippen molar-refractivity contribution >= 4 is 23.7 Å². The molecule has 0 spiro atoms. The molecule has 1 N–H and O–H groups in total. The molecule has 1 rings (SSSR count). The molecule has 1 heterocycles. The Morgan fingerprint density at radius 2 is 1.65 bits per heavy atom. The average molecular weight is 443 g/mol. The van der Waals surface area contributed by atoms with Crippen molar-refractivity contribution in [2.75, 3.05) is 26.4 Å². The quantitative estimate of drug-likeness (QED) is 0.325. The third-order valence-electron chi connectivity index (χ3n) is 4.81. The molecular formula is C22H38N2O7. The summed E-state index contributed by atoms with van der Waals surface area (Å²) in [5.74, 6) is -1.74. The number of nitrogens with zero attached hydrogens (tertiary/aromatic N) is 1. The van der Waals surface area contributed by atoms with Crippen LogP contribution in [0.15, 0.2) is 0 Å². The van der Waals surface area contributed by atoms with Crippen molar-refractivity contribution in [1.29, 1.82) is 0 Å². The first-order valence-electron chi connectivity index (χ1n) is 10.8. The minimum Gasteiger partial charge on any atom is -0.376 e. The number of rotatable bonds is 14. The monoisotopic (exact) mass is 442 g/mol. The van der Waals surface area contributed by atoms with Crippen LogP contribution in [0.1, 0.15) is 73.6 Å². The molecular weight excluding hydrogens is 404 g/mol. The lowest BCUT2D eigenvalue weighted by molar-refractivity contribution is -0.199. The van der Waals surface area contributed by atoms with Gasteiger partial charge in [0, 0.05) is 19.4 Å². The fraction of sp³-hybridized carbons (Fsp3) is 0.818. The lowest BCUT2D eigenvalue weighted by atomic mass is 9.72. The minimum atomic E-state index is -0.601. The second-order valence-corrected chi connectivity index (χ2v) is 9.80. The van der Waals surface area contributed by atoms with Crippen LogP contribution in [0.4, 0.5) is 0 Å². The molecule has 1 fully saturated rings. The third-order valence-corrected chi connectivity index (χ3v) is 4.81. The largest absolute Gasteiger partial charge is 0.376 e. The SMILES string of the molecule is CC(C)OCCOCC(=O)NCCC(C)(C)CC(C)(C)CC(=O)ON1C(=O)CCC1=O. The Morgan fingerprint density at radius 3 is 2.23 bits per heavy atom. The van der Waals surface area contributed by atoms with Crippen LogP contribution in [0, 0.1) is 10.8 Å². The molecule has 0 saturated carbocycles. The maximum absolute atomic E-state index is 12.2. The molecule has 0 aromatic heterocycles. The molecule has 0 atom stereocenters. The number of hydrogen-bond donors (Lipinski definition) is 1. The molecule has 0 bridgehead atoms. The Bertz CT molecular complexity index is 628. The average Bonchev–Trinajstić information content (AvgIpc) is 2.91. The van der Waals surface area contributed by atoms with Crippen LogP contribution in [-0.4, -0.2) is 61.2 Å². The minimum absolute atomic E-state index is 0.00679. The molecule has 0 aromatic carbocycles. The summed E-state index contributed by atoms with van der Waals surface area (Å²) >= 11 is 0. The van der Waals surface area contributed by atoms with Crippen LogP contribution in [0.2, 0.25) is 0 Å². The zero-order valence-electron chi connectivity index (χ0n) is 19.7. The molecule has 1 aliphatic heterocycles. The first-order valence-corrected chi connectivity index (χ1v) is 10.8. The van der Waals surface area contributed by atoms with Gasteiger partial charge in [0.05, 0.1) is 25.7 Å². The first kappa shape index (κ1) is 27.0. The van der Waals surface area contributed by atoms with Crippen molar-refractivity contribution in [1.82, 2.24) is 10.4 Å². The van der Waals surface area contributed by atoms with Crippen LogP contribution in [0.25, 0.3) is 0 Å². The van der Waals surface area contributed by atoms with Crippen molar-refractivity contribution in [3.8, 4) is 0 Å². The summed E-state index contributed by atoms with van der Waals surface area (Å²) in [4.78, 5) is 52.3. The van der Waals surface area contributed by atoms with E-state index in [1.807, 2.05) is 27.7 Å². The summed E-state index contributed by atoms with van der Waals surface area (Å²) in [6.45, 7) is 13.2. The smallest absolute Gasteiger partial charge is 0.333 e. The molecule has 0 aromatic rings. The lowest BCUT2D eigenvalue weighted by Gasteiger charge is -2.34. The van der Waals surface area contributed by atoms with E-state index < -0.39 is 23.2 Å². The van der Waals surface area contributed by atoms with Crippen LogP contribution in [-0.2, 0) is 33.5 Å². The van der Waals surface area contributed by atoms with Gasteiger partial charge in [-0.15, -0.1) is 5.06 Å². The standard InChI is InChI=1S/C22H38N2O7/c1-16(2)30-12-11-29-14-17(25)23-10-9-21(3,4)15-22(5,6)13-20(28)31-24-18(26)7-8-19(24)27/h16H,7-15H2,1-6H3,(H,23,25). The van der Waals surface area contributed by atoms with Gasteiger partial charge in [-0.05, 0) is 37.5 Å². The molecule has 1 aliphatic rings. The van der Waals surface area contributed by atoms with E-state index in [0.29, 0.717) is 31.2 Å². The van der Waals surface area contributed by atoms with Gasteiger partial charge in [0.25, 0.3) is 11.8 Å². The third kappa shape index (κ3) is 11.3. The summed E-state index contributed by atoms with van der Waals surface area (Å²) in [6.07, 6.45) is 1.77. The number of imide groups is 1. The van der Waals surface area contributed by atoms with Gasteiger partial charge in [-0.25, -0.2) is 4.79 Å². The Balaban J connectivity index is 2.32. The maximum atomic E-state index is 12.2. The summed E-state index contributed by atoms with van der Waals surface area (Å²) in [6, 6.07) is 0. The van der Waals surface area contributed by atoms with Crippen molar-refractivity contribution in [2.45, 2.75) is 79.8 Å². The van der Waals surface area contributed by atoms with Gasteiger partial charge in [0.2, 0.25) is 5.91 Å². The Hall–Kier alpha value is -2.00. The van der Waals surface area contributed by atoms with Gasteiger partial charge in [-0.2, -0.15) is 0 Å². The number of nitrogens with one attached hydrogen (secondary N) is 1. The number of amides is 3. The highest BCUT2D eigenvalue weighted by Crippen LogP contribution is 2.38. The van der Waals surface area contributed by atoms with E-state index in [0.717, 1.165) is 6.42 Å². The van der Waals surface area contributed by atoms with E-state index in [1.54, 1.807) is 0 Å². The zero-order valence-corrected chi connectivity index (χ0v) is 19.7. The number of hydrogen-bond acceptors (Lipinski definition) is 7. The second-order valence-electron chi connectivity index (χ2n) is 9.80. The van der Waals surface area contributed by atoms with E-state index in [4.69, 9.17) is 14.3 Å². The predicted molar refractivity (Wildman–Crippen MR) is 114 cm³/mol. The van der Waals surface area contributed by atoms with E-state index >= 15 is 0 Å². The molecule has 0 aliphatic carbocycles. The maximum Gasteiger partial charge on any atom is 0.333 e. The van der Waals surface area contributed by atoms with Crippen LogP contribution >= 0.6 is 0 Å². The molecule has 1 saturated heterocycles. The van der Waals surface area contributed by atoms with E-state index in [2.05, 4.69) is 19.2 Å². The molecule has 3 amide bonds. The van der Waals surface area contributed by atoms with Gasteiger partial charge in [0.1, 0.15) is 6.61 Å². The summed E-state index contributed by atoms with van der Waals surface area (Å²) in [5.41, 5.74) is -0.557. The van der Waals surface area contributed by atoms with Gasteiger partial charge in [0.15, 0.2) is 0 Å². The van der Waals surface area contributed by atoms with Crippen molar-refractivity contribution in [3.63, 3.8) is 0 Å². The van der Waals surface area contributed by atoms with Gasteiger partial charge in [-0.1, -0.05) is 27.7 Å². The van der Waals surface area contributed by atoms with Crippen molar-refractivity contribution < 1.29 is 33.5 Å².